The first-order valence-corrected chi connectivity index (χ1v) is 10.1. The van der Waals surface area contributed by atoms with Crippen molar-refractivity contribution >= 4 is 28.1 Å². The number of nitrogens with zero attached hydrogens (tertiary/aromatic N) is 1. The molecule has 0 aliphatic rings. The summed E-state index contributed by atoms with van der Waals surface area (Å²) in [5, 5.41) is 6.31. The fourth-order valence-corrected chi connectivity index (χ4v) is 4.19. The number of H-pyrrole nitrogens is 1. The quantitative estimate of drug-likeness (QED) is 0.484. The highest BCUT2D eigenvalue weighted by molar-refractivity contribution is 7.10. The summed E-state index contributed by atoms with van der Waals surface area (Å²) in [6.07, 6.45) is 3.67. The molecule has 0 bridgehead atoms. The van der Waals surface area contributed by atoms with E-state index in [9.17, 15) is 4.79 Å². The van der Waals surface area contributed by atoms with Crippen LogP contribution in [0.4, 0.5) is 0 Å². The first kappa shape index (κ1) is 18.3. The van der Waals surface area contributed by atoms with Crippen LogP contribution in [-0.2, 0) is 0 Å². The molecule has 0 radical (unpaired) electrons. The first-order chi connectivity index (χ1) is 13.8. The van der Waals surface area contributed by atoms with E-state index < -0.39 is 0 Å². The Balaban J connectivity index is 1.60. The first-order valence-electron chi connectivity index (χ1n) is 9.23. The van der Waals surface area contributed by atoms with Crippen LogP contribution < -0.4 is 10.1 Å². The topological polar surface area (TPSA) is 67.0 Å². The van der Waals surface area contributed by atoms with Crippen molar-refractivity contribution in [2.24, 2.45) is 0 Å². The van der Waals surface area contributed by atoms with Crippen LogP contribution in [0, 0.1) is 0 Å². The Morgan fingerprint density at radius 2 is 2.11 bits per heavy atom. The molecular formula is C22H21N3O2S. The summed E-state index contributed by atoms with van der Waals surface area (Å²) in [5.74, 6) is 0.243. The van der Waals surface area contributed by atoms with Gasteiger partial charge in [0.15, 0.2) is 0 Å². The Morgan fingerprint density at radius 3 is 2.93 bits per heavy atom. The standard InChI is InChI=1S/C22H21N3O2S/c1-2-27-22-16(8-5-11-23-22)21(26)25-14-18(20-10-6-12-28-20)17-13-24-19-9-4-3-7-15(17)19/h3-13,18,24H,2,14H2,1H3,(H,25,26). The second kappa shape index (κ2) is 8.27. The molecular weight excluding hydrogens is 370 g/mol. The van der Waals surface area contributed by atoms with Gasteiger partial charge in [-0.25, -0.2) is 4.98 Å². The van der Waals surface area contributed by atoms with E-state index in [1.54, 1.807) is 29.7 Å². The van der Waals surface area contributed by atoms with Crippen LogP contribution >= 0.6 is 11.3 Å². The lowest BCUT2D eigenvalue weighted by atomic mass is 9.96. The van der Waals surface area contributed by atoms with Crippen LogP contribution in [0.15, 0.2) is 66.3 Å². The van der Waals surface area contributed by atoms with Crippen LogP contribution in [-0.4, -0.2) is 29.0 Å². The van der Waals surface area contributed by atoms with Crippen molar-refractivity contribution in [1.82, 2.24) is 15.3 Å². The average molecular weight is 391 g/mol. The van der Waals surface area contributed by atoms with Crippen molar-refractivity contribution in [2.75, 3.05) is 13.2 Å². The maximum atomic E-state index is 12.8. The molecule has 0 aliphatic carbocycles. The van der Waals surface area contributed by atoms with Gasteiger partial charge in [-0.15, -0.1) is 11.3 Å². The predicted octanol–water partition coefficient (Wildman–Crippen LogP) is 4.59. The molecule has 1 amide bonds. The molecule has 4 aromatic rings. The molecule has 4 rings (SSSR count). The molecule has 6 heteroatoms. The van der Waals surface area contributed by atoms with Crippen LogP contribution in [0.3, 0.4) is 0 Å². The third-order valence-electron chi connectivity index (χ3n) is 4.65. The van der Waals surface area contributed by atoms with Gasteiger partial charge in [-0.1, -0.05) is 24.3 Å². The number of nitrogens with one attached hydrogen (secondary N) is 2. The average Bonchev–Trinajstić information content (AvgIpc) is 3.40. The number of thiophene rings is 1. The molecule has 142 valence electrons. The maximum Gasteiger partial charge on any atom is 0.256 e. The summed E-state index contributed by atoms with van der Waals surface area (Å²) in [5.41, 5.74) is 2.72. The van der Waals surface area contributed by atoms with Crippen molar-refractivity contribution in [2.45, 2.75) is 12.8 Å². The number of carbonyl (C=O) groups excluding carboxylic acids is 1. The van der Waals surface area contributed by atoms with Gasteiger partial charge in [0.2, 0.25) is 5.88 Å². The molecule has 0 saturated carbocycles. The zero-order chi connectivity index (χ0) is 19.3. The fraction of sp³-hybridized carbons (Fsp3) is 0.182. The zero-order valence-electron chi connectivity index (χ0n) is 15.5. The highest BCUT2D eigenvalue weighted by Crippen LogP contribution is 2.33. The predicted molar refractivity (Wildman–Crippen MR) is 112 cm³/mol. The highest BCUT2D eigenvalue weighted by Gasteiger charge is 2.21. The fourth-order valence-electron chi connectivity index (χ4n) is 3.34. The summed E-state index contributed by atoms with van der Waals surface area (Å²) >= 11 is 1.69. The van der Waals surface area contributed by atoms with Crippen molar-refractivity contribution in [3.05, 3.63) is 82.3 Å². The number of aromatic nitrogens is 2. The third kappa shape index (κ3) is 3.64. The summed E-state index contributed by atoms with van der Waals surface area (Å²) < 4.78 is 5.49. The Hall–Kier alpha value is -3.12. The van der Waals surface area contributed by atoms with Gasteiger partial charge in [-0.2, -0.15) is 0 Å². The lowest BCUT2D eigenvalue weighted by Gasteiger charge is -2.17. The molecule has 1 aromatic carbocycles. The van der Waals surface area contributed by atoms with Crippen LogP contribution in [0.1, 0.15) is 33.6 Å². The van der Waals surface area contributed by atoms with E-state index in [2.05, 4.69) is 38.9 Å². The number of carbonyl (C=O) groups is 1. The molecule has 1 unspecified atom stereocenters. The van der Waals surface area contributed by atoms with Gasteiger partial charge < -0.3 is 15.0 Å². The molecule has 0 saturated heterocycles. The molecule has 0 aliphatic heterocycles. The molecule has 2 N–H and O–H groups in total. The van der Waals surface area contributed by atoms with Crippen molar-refractivity contribution in [3.63, 3.8) is 0 Å². The van der Waals surface area contributed by atoms with Gasteiger partial charge in [0.25, 0.3) is 5.91 Å². The summed E-state index contributed by atoms with van der Waals surface area (Å²) in [6.45, 7) is 2.83. The number of amides is 1. The summed E-state index contributed by atoms with van der Waals surface area (Å²) in [7, 11) is 0. The number of fused-ring (bicyclic) bond motifs is 1. The van der Waals surface area contributed by atoms with E-state index >= 15 is 0 Å². The summed E-state index contributed by atoms with van der Waals surface area (Å²) in [6, 6.07) is 15.9. The van der Waals surface area contributed by atoms with Gasteiger partial charge in [0.1, 0.15) is 5.56 Å². The normalized spacial score (nSPS) is 12.0. The number of aromatic amines is 1. The van der Waals surface area contributed by atoms with Gasteiger partial charge in [-0.05, 0) is 42.1 Å². The second-order valence-electron chi connectivity index (χ2n) is 6.36. The van der Waals surface area contributed by atoms with E-state index in [-0.39, 0.29) is 11.8 Å². The Bertz CT molecular complexity index is 1070. The van der Waals surface area contributed by atoms with Gasteiger partial charge >= 0.3 is 0 Å². The Kier molecular flexibility index (Phi) is 5.39. The highest BCUT2D eigenvalue weighted by atomic mass is 32.1. The van der Waals surface area contributed by atoms with E-state index in [0.717, 1.165) is 5.52 Å². The number of benzene rings is 1. The molecule has 28 heavy (non-hydrogen) atoms. The molecule has 0 spiro atoms. The number of pyridine rings is 1. The van der Waals surface area contributed by atoms with E-state index in [0.29, 0.717) is 24.6 Å². The van der Waals surface area contributed by atoms with Crippen LogP contribution in [0.5, 0.6) is 5.88 Å². The van der Waals surface area contributed by atoms with Crippen LogP contribution in [0.2, 0.25) is 0 Å². The van der Waals surface area contributed by atoms with E-state index in [1.165, 1.54) is 15.8 Å². The largest absolute Gasteiger partial charge is 0.477 e. The molecule has 0 fully saturated rings. The van der Waals surface area contributed by atoms with Crippen molar-refractivity contribution in [3.8, 4) is 5.88 Å². The lowest BCUT2D eigenvalue weighted by Crippen LogP contribution is -2.29. The third-order valence-corrected chi connectivity index (χ3v) is 5.63. The van der Waals surface area contributed by atoms with E-state index in [4.69, 9.17) is 4.74 Å². The Labute approximate surface area is 167 Å². The smallest absolute Gasteiger partial charge is 0.256 e. The maximum absolute atomic E-state index is 12.8. The number of para-hydroxylation sites is 1. The minimum Gasteiger partial charge on any atom is -0.477 e. The van der Waals surface area contributed by atoms with Gasteiger partial charge in [-0.3, -0.25) is 4.79 Å². The number of hydrogen-bond acceptors (Lipinski definition) is 4. The lowest BCUT2D eigenvalue weighted by molar-refractivity contribution is 0.0948. The molecule has 5 nitrogen and oxygen atoms in total. The summed E-state index contributed by atoms with van der Waals surface area (Å²) in [4.78, 5) is 21.5. The van der Waals surface area contributed by atoms with Crippen molar-refractivity contribution in [1.29, 1.82) is 0 Å². The molecule has 3 aromatic heterocycles. The minimum absolute atomic E-state index is 0.0623. The Morgan fingerprint density at radius 1 is 1.21 bits per heavy atom. The zero-order valence-corrected chi connectivity index (χ0v) is 16.3. The van der Waals surface area contributed by atoms with Crippen LogP contribution in [0.25, 0.3) is 10.9 Å². The van der Waals surface area contributed by atoms with Gasteiger partial charge in [0, 0.05) is 40.6 Å². The number of hydrogen-bond donors (Lipinski definition) is 2. The SMILES string of the molecule is CCOc1ncccc1C(=O)NCC(c1cccs1)c1c[nH]c2ccccc12. The number of rotatable bonds is 7. The second-order valence-corrected chi connectivity index (χ2v) is 7.34. The minimum atomic E-state index is -0.182. The molecule has 3 heterocycles. The molecule has 1 atom stereocenters. The van der Waals surface area contributed by atoms with Crippen molar-refractivity contribution < 1.29 is 9.53 Å². The van der Waals surface area contributed by atoms with Gasteiger partial charge in [0.05, 0.1) is 6.61 Å². The monoisotopic (exact) mass is 391 g/mol. The number of ether oxygens (including phenoxy) is 1. The van der Waals surface area contributed by atoms with E-state index in [1.807, 2.05) is 31.3 Å².